The Labute approximate surface area is 199 Å². The van der Waals surface area contributed by atoms with E-state index in [0.29, 0.717) is 51.3 Å². The molecular formula is C23H24N6O2S2. The van der Waals surface area contributed by atoms with E-state index in [0.717, 1.165) is 4.90 Å². The molecule has 3 aromatic heterocycles. The lowest BCUT2D eigenvalue weighted by Gasteiger charge is -2.06. The molecule has 33 heavy (non-hydrogen) atoms. The minimum atomic E-state index is -0.225. The first kappa shape index (κ1) is 22.9. The average Bonchev–Trinajstić information content (AvgIpc) is 3.14. The summed E-state index contributed by atoms with van der Waals surface area (Å²) in [4.78, 5) is 43.4. The van der Waals surface area contributed by atoms with Crippen LogP contribution in [0.1, 0.15) is 32.2 Å². The molecule has 0 bridgehead atoms. The molecule has 0 fully saturated rings. The van der Waals surface area contributed by atoms with Gasteiger partial charge in [0.2, 0.25) is 5.95 Å². The summed E-state index contributed by atoms with van der Waals surface area (Å²) in [6.45, 7) is 6.79. The molecule has 8 nitrogen and oxygen atoms in total. The molecule has 4 rings (SSSR count). The molecule has 1 aromatic carbocycles. The van der Waals surface area contributed by atoms with Crippen LogP contribution in [-0.4, -0.2) is 38.9 Å². The second-order valence-corrected chi connectivity index (χ2v) is 9.58. The second kappa shape index (κ2) is 10.1. The first-order chi connectivity index (χ1) is 15.9. The average molecular weight is 481 g/mol. The molecule has 0 saturated heterocycles. The number of amides is 1. The number of aromatic nitrogens is 4. The molecule has 0 aliphatic rings. The Morgan fingerprint density at radius 1 is 1.15 bits per heavy atom. The van der Waals surface area contributed by atoms with E-state index in [1.807, 2.05) is 0 Å². The summed E-state index contributed by atoms with van der Waals surface area (Å²) in [5.41, 5.74) is 2.81. The van der Waals surface area contributed by atoms with Crippen LogP contribution in [0, 0.1) is 20.8 Å². The molecule has 1 amide bonds. The van der Waals surface area contributed by atoms with Crippen molar-refractivity contribution in [1.82, 2.24) is 25.3 Å². The summed E-state index contributed by atoms with van der Waals surface area (Å²) in [7, 11) is 0. The van der Waals surface area contributed by atoms with E-state index in [9.17, 15) is 9.59 Å². The number of thioether (sulfide) groups is 1. The fraction of sp³-hybridized carbons (Fsp3) is 0.261. The van der Waals surface area contributed by atoms with Crippen molar-refractivity contribution >= 4 is 45.2 Å². The number of rotatable bonds is 8. The largest absolute Gasteiger partial charge is 0.352 e. The molecule has 10 heteroatoms. The van der Waals surface area contributed by atoms with E-state index in [1.54, 1.807) is 37.1 Å². The lowest BCUT2D eigenvalue weighted by molar-refractivity contribution is 0.0958. The number of carbonyl (C=O) groups excluding carboxylic acids is 1. The molecule has 0 aliphatic carbocycles. The Hall–Kier alpha value is -3.24. The second-order valence-electron chi connectivity index (χ2n) is 7.56. The molecule has 0 aliphatic heterocycles. The SMILES string of the molecule is Cc1ccc(C)c(SCc2nc3sc(C(=O)NCCNc4ncccn4)c(C)c3c(=O)[nH]2)c1. The third-order valence-electron chi connectivity index (χ3n) is 5.02. The predicted molar refractivity (Wildman–Crippen MR) is 133 cm³/mol. The van der Waals surface area contributed by atoms with Crippen LogP contribution in [-0.2, 0) is 5.75 Å². The lowest BCUT2D eigenvalue weighted by atomic mass is 10.2. The van der Waals surface area contributed by atoms with Gasteiger partial charge in [0.15, 0.2) is 0 Å². The zero-order valence-electron chi connectivity index (χ0n) is 18.6. The van der Waals surface area contributed by atoms with Crippen molar-refractivity contribution in [1.29, 1.82) is 0 Å². The third kappa shape index (κ3) is 5.40. The van der Waals surface area contributed by atoms with E-state index in [-0.39, 0.29) is 11.5 Å². The van der Waals surface area contributed by atoms with Gasteiger partial charge in [-0.05, 0) is 44.0 Å². The summed E-state index contributed by atoms with van der Waals surface area (Å²) in [6.07, 6.45) is 3.29. The summed E-state index contributed by atoms with van der Waals surface area (Å²) < 4.78 is 0. The molecule has 170 valence electrons. The van der Waals surface area contributed by atoms with Crippen molar-refractivity contribution in [2.45, 2.75) is 31.4 Å². The minimum absolute atomic E-state index is 0.216. The van der Waals surface area contributed by atoms with Crippen LogP contribution in [0.5, 0.6) is 0 Å². The van der Waals surface area contributed by atoms with Crippen molar-refractivity contribution in [3.63, 3.8) is 0 Å². The number of anilines is 1. The Balaban J connectivity index is 1.44. The van der Waals surface area contributed by atoms with Gasteiger partial charge in [0.05, 0.1) is 16.0 Å². The van der Waals surface area contributed by atoms with Crippen LogP contribution in [0.2, 0.25) is 0 Å². The molecular weight excluding hydrogens is 456 g/mol. The Kier molecular flexibility index (Phi) is 7.05. The fourth-order valence-electron chi connectivity index (χ4n) is 3.30. The molecule has 0 radical (unpaired) electrons. The first-order valence-electron chi connectivity index (χ1n) is 10.4. The van der Waals surface area contributed by atoms with Gasteiger partial charge in [-0.25, -0.2) is 15.0 Å². The van der Waals surface area contributed by atoms with Crippen LogP contribution in [0.25, 0.3) is 10.2 Å². The van der Waals surface area contributed by atoms with Gasteiger partial charge in [0, 0.05) is 30.4 Å². The summed E-state index contributed by atoms with van der Waals surface area (Å²) in [5, 5.41) is 6.39. The zero-order chi connectivity index (χ0) is 23.4. The van der Waals surface area contributed by atoms with Gasteiger partial charge in [0.25, 0.3) is 11.5 Å². The number of hydrogen-bond acceptors (Lipinski definition) is 8. The van der Waals surface area contributed by atoms with Gasteiger partial charge in [-0.1, -0.05) is 17.7 Å². The maximum Gasteiger partial charge on any atom is 0.261 e. The number of nitrogens with zero attached hydrogens (tertiary/aromatic N) is 3. The summed E-state index contributed by atoms with van der Waals surface area (Å²) in [5.74, 6) is 1.42. The molecule has 0 saturated carbocycles. The van der Waals surface area contributed by atoms with Crippen LogP contribution >= 0.6 is 23.1 Å². The maximum absolute atomic E-state index is 12.8. The van der Waals surface area contributed by atoms with E-state index in [4.69, 9.17) is 0 Å². The topological polar surface area (TPSA) is 113 Å². The van der Waals surface area contributed by atoms with Crippen LogP contribution in [0.4, 0.5) is 5.95 Å². The molecule has 0 spiro atoms. The van der Waals surface area contributed by atoms with Gasteiger partial charge >= 0.3 is 0 Å². The highest BCUT2D eigenvalue weighted by molar-refractivity contribution is 7.98. The molecule has 4 aromatic rings. The highest BCUT2D eigenvalue weighted by atomic mass is 32.2. The van der Waals surface area contributed by atoms with E-state index in [1.165, 1.54) is 22.5 Å². The van der Waals surface area contributed by atoms with E-state index >= 15 is 0 Å². The number of thiophene rings is 1. The number of fused-ring (bicyclic) bond motifs is 1. The highest BCUT2D eigenvalue weighted by Gasteiger charge is 2.19. The Bertz CT molecular complexity index is 1350. The Morgan fingerprint density at radius 3 is 2.73 bits per heavy atom. The zero-order valence-corrected chi connectivity index (χ0v) is 20.2. The Morgan fingerprint density at radius 2 is 1.94 bits per heavy atom. The van der Waals surface area contributed by atoms with Gasteiger partial charge < -0.3 is 15.6 Å². The van der Waals surface area contributed by atoms with Crippen molar-refractivity contribution in [3.8, 4) is 0 Å². The number of aryl methyl sites for hydroxylation is 3. The number of carbonyl (C=O) groups is 1. The number of H-pyrrole nitrogens is 1. The van der Waals surface area contributed by atoms with Crippen molar-refractivity contribution < 1.29 is 4.79 Å². The smallest absolute Gasteiger partial charge is 0.261 e. The standard InChI is InChI=1S/C23H24N6O2S2/c1-13-5-6-14(2)16(11-13)32-12-17-28-20(30)18-15(3)19(33-22(18)29-17)21(31)24-9-10-27-23-25-7-4-8-26-23/h4-8,11H,9-10,12H2,1-3H3,(H,24,31)(H,25,26,27)(H,28,29,30). The quantitative estimate of drug-likeness (QED) is 0.259. The van der Waals surface area contributed by atoms with Crippen molar-refractivity contribution in [2.75, 3.05) is 18.4 Å². The van der Waals surface area contributed by atoms with Crippen LogP contribution < -0.4 is 16.2 Å². The highest BCUT2D eigenvalue weighted by Crippen LogP contribution is 2.29. The monoisotopic (exact) mass is 480 g/mol. The molecule has 0 unspecified atom stereocenters. The predicted octanol–water partition coefficient (Wildman–Crippen LogP) is 3.83. The van der Waals surface area contributed by atoms with Gasteiger partial charge in [-0.15, -0.1) is 23.1 Å². The normalized spacial score (nSPS) is 11.0. The number of nitrogens with one attached hydrogen (secondary N) is 3. The van der Waals surface area contributed by atoms with Crippen LogP contribution in [0.3, 0.4) is 0 Å². The van der Waals surface area contributed by atoms with Gasteiger partial charge in [-0.2, -0.15) is 0 Å². The van der Waals surface area contributed by atoms with E-state index < -0.39 is 0 Å². The van der Waals surface area contributed by atoms with Crippen molar-refractivity contribution in [2.24, 2.45) is 0 Å². The lowest BCUT2D eigenvalue weighted by Crippen LogP contribution is -2.28. The number of aromatic amines is 1. The van der Waals surface area contributed by atoms with E-state index in [2.05, 4.69) is 62.6 Å². The van der Waals surface area contributed by atoms with Gasteiger partial charge in [-0.3, -0.25) is 9.59 Å². The number of benzene rings is 1. The third-order valence-corrected chi connectivity index (χ3v) is 7.38. The van der Waals surface area contributed by atoms with Gasteiger partial charge in [0.1, 0.15) is 10.7 Å². The summed E-state index contributed by atoms with van der Waals surface area (Å²) >= 11 is 2.88. The summed E-state index contributed by atoms with van der Waals surface area (Å²) in [6, 6.07) is 8.04. The maximum atomic E-state index is 12.8. The minimum Gasteiger partial charge on any atom is -0.352 e. The molecule has 0 atom stereocenters. The number of hydrogen-bond donors (Lipinski definition) is 3. The molecule has 3 heterocycles. The first-order valence-corrected chi connectivity index (χ1v) is 12.2. The van der Waals surface area contributed by atoms with Crippen molar-refractivity contribution in [3.05, 3.63) is 74.4 Å². The molecule has 3 N–H and O–H groups in total. The van der Waals surface area contributed by atoms with Crippen LogP contribution in [0.15, 0.2) is 46.3 Å². The fourth-order valence-corrected chi connectivity index (χ4v) is 5.41.